The first kappa shape index (κ1) is 38.9. The van der Waals surface area contributed by atoms with E-state index in [1.807, 2.05) is 6.92 Å². The molecule has 3 saturated heterocycles. The van der Waals surface area contributed by atoms with Crippen LogP contribution in [0.15, 0.2) is 0 Å². The standard InChI is InChI=1S/C30H46O16S/c1-11-47-28(37-13-20-22-24(44-29(7,8)43-22)25-27(42-20)46-30(9,10)45-25)26(41-18(6)35)23(40-17(5)34)21(39-16(4)33)19(38-15(3)32)12-36-14(2)31/h19-28H,11-13H2,1-10H3/t19-,20+,21-,22-,23-,24-,25+,26+,27+,28+/m0/s1. The van der Waals surface area contributed by atoms with Gasteiger partial charge in [-0.05, 0) is 33.4 Å². The molecule has 0 N–H and O–H groups in total. The first-order chi connectivity index (χ1) is 21.8. The van der Waals surface area contributed by atoms with Crippen molar-refractivity contribution >= 4 is 41.6 Å². The minimum absolute atomic E-state index is 0.144. The molecule has 16 nitrogen and oxygen atoms in total. The van der Waals surface area contributed by atoms with Gasteiger partial charge in [-0.15, -0.1) is 11.8 Å². The molecule has 0 amide bonds. The lowest BCUT2D eigenvalue weighted by Crippen LogP contribution is -2.58. The second-order valence-electron chi connectivity index (χ2n) is 12.0. The van der Waals surface area contributed by atoms with Crippen LogP contribution in [0.3, 0.4) is 0 Å². The first-order valence-electron chi connectivity index (χ1n) is 15.2. The van der Waals surface area contributed by atoms with Gasteiger partial charge in [-0.1, -0.05) is 6.92 Å². The zero-order chi connectivity index (χ0) is 35.3. The minimum Gasteiger partial charge on any atom is -0.462 e. The Morgan fingerprint density at radius 3 is 1.72 bits per heavy atom. The van der Waals surface area contributed by atoms with E-state index in [1.54, 1.807) is 27.7 Å². The van der Waals surface area contributed by atoms with Crippen molar-refractivity contribution in [2.45, 2.75) is 141 Å². The molecule has 0 spiro atoms. The Morgan fingerprint density at radius 1 is 0.660 bits per heavy atom. The Hall–Kier alpha value is -2.54. The van der Waals surface area contributed by atoms with E-state index < -0.39 is 109 Å². The maximum Gasteiger partial charge on any atom is 0.303 e. The van der Waals surface area contributed by atoms with Gasteiger partial charge in [0.25, 0.3) is 0 Å². The second-order valence-corrected chi connectivity index (χ2v) is 13.4. The lowest BCUT2D eigenvalue weighted by atomic mass is 9.99. The maximum atomic E-state index is 12.5. The number of carbonyl (C=O) groups is 5. The van der Waals surface area contributed by atoms with Crippen LogP contribution < -0.4 is 0 Å². The van der Waals surface area contributed by atoms with Crippen LogP contribution in [-0.4, -0.2) is 121 Å². The van der Waals surface area contributed by atoms with E-state index in [9.17, 15) is 24.0 Å². The second kappa shape index (κ2) is 16.2. The number of thioether (sulfide) groups is 1. The molecule has 0 aromatic rings. The average Bonchev–Trinajstić information content (AvgIpc) is 3.42. The molecule has 10 atom stereocenters. The van der Waals surface area contributed by atoms with Gasteiger partial charge in [0.1, 0.15) is 36.5 Å². The van der Waals surface area contributed by atoms with E-state index in [1.165, 1.54) is 11.8 Å². The van der Waals surface area contributed by atoms with Crippen molar-refractivity contribution in [3.63, 3.8) is 0 Å². The Bertz CT molecular complexity index is 1140. The minimum atomic E-state index is -1.61. The van der Waals surface area contributed by atoms with Crippen LogP contribution >= 0.6 is 11.8 Å². The van der Waals surface area contributed by atoms with Crippen LogP contribution in [0, 0.1) is 0 Å². The van der Waals surface area contributed by atoms with Crippen molar-refractivity contribution in [1.82, 2.24) is 0 Å². The Morgan fingerprint density at radius 2 is 1.17 bits per heavy atom. The van der Waals surface area contributed by atoms with Gasteiger partial charge in [0, 0.05) is 34.6 Å². The van der Waals surface area contributed by atoms with Gasteiger partial charge in [-0.25, -0.2) is 0 Å². The molecule has 0 aromatic carbocycles. The van der Waals surface area contributed by atoms with Gasteiger partial charge in [0.2, 0.25) is 0 Å². The van der Waals surface area contributed by atoms with Crippen LogP contribution in [0.4, 0.5) is 0 Å². The average molecular weight is 695 g/mol. The van der Waals surface area contributed by atoms with Crippen LogP contribution in [0.1, 0.15) is 69.2 Å². The molecule has 268 valence electrons. The normalized spacial score (nSPS) is 28.8. The number of hydrogen-bond acceptors (Lipinski definition) is 17. The molecule has 47 heavy (non-hydrogen) atoms. The van der Waals surface area contributed by atoms with Crippen molar-refractivity contribution in [3.05, 3.63) is 0 Å². The highest BCUT2D eigenvalue weighted by atomic mass is 32.2. The van der Waals surface area contributed by atoms with Crippen molar-refractivity contribution in [2.24, 2.45) is 0 Å². The van der Waals surface area contributed by atoms with Crippen molar-refractivity contribution in [1.29, 1.82) is 0 Å². The van der Waals surface area contributed by atoms with Crippen molar-refractivity contribution in [3.8, 4) is 0 Å². The summed E-state index contributed by atoms with van der Waals surface area (Å²) in [5.74, 6) is -5.50. The lowest BCUT2D eigenvalue weighted by Gasteiger charge is -2.40. The highest BCUT2D eigenvalue weighted by Crippen LogP contribution is 2.44. The van der Waals surface area contributed by atoms with E-state index in [4.69, 9.17) is 52.1 Å². The summed E-state index contributed by atoms with van der Waals surface area (Å²) >= 11 is 1.19. The number of esters is 5. The SMILES string of the molecule is CCS[C@@H](OC[C@H]1O[C@@H]2OC(C)(C)O[C@@H]2[C@H]2OC(C)(C)O[C@H]21)[C@H](OC(C)=O)[C@@H](OC(C)=O)[C@@H](OC(C)=O)[C@H](COC(C)=O)OC(C)=O. The van der Waals surface area contributed by atoms with E-state index in [-0.39, 0.29) is 6.61 Å². The summed E-state index contributed by atoms with van der Waals surface area (Å²) in [6.07, 6.45) is -9.46. The topological polar surface area (TPSA) is 187 Å². The molecular weight excluding hydrogens is 648 g/mol. The molecule has 3 rings (SSSR count). The first-order valence-corrected chi connectivity index (χ1v) is 16.3. The van der Waals surface area contributed by atoms with Gasteiger partial charge in [0.15, 0.2) is 42.3 Å². The fraction of sp³-hybridized carbons (Fsp3) is 0.833. The smallest absolute Gasteiger partial charge is 0.303 e. The van der Waals surface area contributed by atoms with Gasteiger partial charge in [-0.2, -0.15) is 0 Å². The Kier molecular flexibility index (Phi) is 13.4. The molecule has 0 bridgehead atoms. The monoisotopic (exact) mass is 694 g/mol. The molecule has 3 aliphatic heterocycles. The fourth-order valence-electron chi connectivity index (χ4n) is 5.56. The van der Waals surface area contributed by atoms with E-state index in [0.29, 0.717) is 5.75 Å². The predicted molar refractivity (Wildman–Crippen MR) is 159 cm³/mol. The third-order valence-electron chi connectivity index (χ3n) is 6.96. The highest BCUT2D eigenvalue weighted by molar-refractivity contribution is 7.99. The fourth-order valence-corrected chi connectivity index (χ4v) is 6.46. The third kappa shape index (κ3) is 11.0. The summed E-state index contributed by atoms with van der Waals surface area (Å²) in [6.45, 7) is 13.7. The molecule has 3 aliphatic rings. The lowest BCUT2D eigenvalue weighted by molar-refractivity contribution is -0.247. The van der Waals surface area contributed by atoms with Crippen molar-refractivity contribution in [2.75, 3.05) is 19.0 Å². The molecule has 0 unspecified atom stereocenters. The Labute approximate surface area is 277 Å². The number of hydrogen-bond donors (Lipinski definition) is 0. The number of ether oxygens (including phenoxy) is 11. The zero-order valence-electron chi connectivity index (χ0n) is 28.3. The van der Waals surface area contributed by atoms with Gasteiger partial charge in [0.05, 0.1) is 6.61 Å². The van der Waals surface area contributed by atoms with Crippen LogP contribution in [-0.2, 0) is 76.1 Å². The summed E-state index contributed by atoms with van der Waals surface area (Å²) in [7, 11) is 0. The van der Waals surface area contributed by atoms with Gasteiger partial charge >= 0.3 is 29.8 Å². The summed E-state index contributed by atoms with van der Waals surface area (Å²) in [6, 6.07) is 0. The summed E-state index contributed by atoms with van der Waals surface area (Å²) in [5.41, 5.74) is -1.08. The summed E-state index contributed by atoms with van der Waals surface area (Å²) < 4.78 is 64.2. The molecule has 3 heterocycles. The number of carbonyl (C=O) groups excluding carboxylic acids is 5. The molecule has 3 fully saturated rings. The van der Waals surface area contributed by atoms with E-state index >= 15 is 0 Å². The number of rotatable bonds is 15. The van der Waals surface area contributed by atoms with Gasteiger partial charge < -0.3 is 52.1 Å². The maximum absolute atomic E-state index is 12.5. The summed E-state index contributed by atoms with van der Waals surface area (Å²) in [4.78, 5) is 61.0. The molecule has 0 radical (unpaired) electrons. The molecule has 0 aromatic heterocycles. The van der Waals surface area contributed by atoms with Crippen LogP contribution in [0.2, 0.25) is 0 Å². The quantitative estimate of drug-likeness (QED) is 0.137. The van der Waals surface area contributed by atoms with Crippen LogP contribution in [0.5, 0.6) is 0 Å². The largest absolute Gasteiger partial charge is 0.462 e. The van der Waals surface area contributed by atoms with E-state index in [0.717, 1.165) is 34.6 Å². The summed E-state index contributed by atoms with van der Waals surface area (Å²) in [5, 5.41) is 0. The highest BCUT2D eigenvalue weighted by Gasteiger charge is 2.61. The third-order valence-corrected chi connectivity index (χ3v) is 8.03. The van der Waals surface area contributed by atoms with E-state index in [2.05, 4.69) is 0 Å². The molecular formula is C30H46O16S. The molecule has 17 heteroatoms. The predicted octanol–water partition coefficient (Wildman–Crippen LogP) is 1.77. The van der Waals surface area contributed by atoms with Crippen LogP contribution in [0.25, 0.3) is 0 Å². The Balaban J connectivity index is 1.98. The van der Waals surface area contributed by atoms with Gasteiger partial charge in [-0.3, -0.25) is 24.0 Å². The zero-order valence-corrected chi connectivity index (χ0v) is 29.2. The molecule has 0 aliphatic carbocycles. The molecule has 0 saturated carbocycles. The van der Waals surface area contributed by atoms with Crippen molar-refractivity contribution < 1.29 is 76.1 Å². The number of fused-ring (bicyclic) bond motifs is 3.